The minimum Gasteiger partial charge on any atom is -0.380 e. The van der Waals surface area contributed by atoms with Crippen molar-refractivity contribution in [2.45, 2.75) is 24.8 Å². The zero-order chi connectivity index (χ0) is 20.1. The molecule has 3 aromatic rings. The lowest BCUT2D eigenvalue weighted by atomic mass is 9.74. The molecule has 7 heteroatoms. The van der Waals surface area contributed by atoms with E-state index in [-0.39, 0.29) is 35.1 Å². The van der Waals surface area contributed by atoms with E-state index in [9.17, 15) is 18.0 Å². The van der Waals surface area contributed by atoms with Crippen molar-refractivity contribution >= 4 is 16.8 Å². The first-order valence-electron chi connectivity index (χ1n) is 9.64. The molecule has 1 aliphatic heterocycles. The van der Waals surface area contributed by atoms with Gasteiger partial charge in [-0.25, -0.2) is 13.2 Å². The van der Waals surface area contributed by atoms with Crippen LogP contribution in [0.1, 0.15) is 24.3 Å². The fourth-order valence-corrected chi connectivity index (χ4v) is 4.19. The van der Waals surface area contributed by atoms with E-state index < -0.39 is 11.6 Å². The minimum absolute atomic E-state index is 0.00512. The van der Waals surface area contributed by atoms with Crippen molar-refractivity contribution in [1.82, 2.24) is 10.3 Å². The Labute approximate surface area is 165 Å². The molecule has 1 saturated heterocycles. The maximum Gasteiger partial charge on any atom is 0.228 e. The zero-order valence-corrected chi connectivity index (χ0v) is 15.5. The van der Waals surface area contributed by atoms with Gasteiger partial charge in [0.25, 0.3) is 0 Å². The molecule has 2 aromatic carbocycles. The van der Waals surface area contributed by atoms with Crippen LogP contribution in [0.5, 0.6) is 0 Å². The fourth-order valence-electron chi connectivity index (χ4n) is 4.19. The molecule has 1 aliphatic carbocycles. The Hall–Kier alpha value is -2.80. The highest BCUT2D eigenvalue weighted by Gasteiger charge is 2.37. The summed E-state index contributed by atoms with van der Waals surface area (Å²) >= 11 is 0. The first-order valence-corrected chi connectivity index (χ1v) is 9.64. The number of carbonyl (C=O) groups excluding carboxylic acids is 1. The molecule has 0 spiro atoms. The van der Waals surface area contributed by atoms with Gasteiger partial charge in [-0.3, -0.25) is 4.79 Å². The molecule has 2 fully saturated rings. The molecular weight excluding hydrogens is 381 g/mol. The number of fused-ring (bicyclic) bond motifs is 1. The van der Waals surface area contributed by atoms with Gasteiger partial charge in [0.1, 0.15) is 17.5 Å². The summed E-state index contributed by atoms with van der Waals surface area (Å²) in [6, 6.07) is 8.12. The molecule has 0 bridgehead atoms. The summed E-state index contributed by atoms with van der Waals surface area (Å²) in [5.41, 5.74) is 2.41. The van der Waals surface area contributed by atoms with Crippen molar-refractivity contribution < 1.29 is 22.7 Å². The van der Waals surface area contributed by atoms with Crippen LogP contribution in [0, 0.1) is 23.4 Å². The molecule has 1 aromatic heterocycles. The highest BCUT2D eigenvalue weighted by Crippen LogP contribution is 2.45. The Kier molecular flexibility index (Phi) is 4.35. The maximum atomic E-state index is 14.4. The van der Waals surface area contributed by atoms with Gasteiger partial charge in [0.15, 0.2) is 0 Å². The number of benzene rings is 2. The quantitative estimate of drug-likeness (QED) is 0.688. The van der Waals surface area contributed by atoms with Gasteiger partial charge in [-0.05, 0) is 60.2 Å². The summed E-state index contributed by atoms with van der Waals surface area (Å²) in [4.78, 5) is 15.2. The van der Waals surface area contributed by atoms with Crippen LogP contribution in [0.4, 0.5) is 13.2 Å². The summed E-state index contributed by atoms with van der Waals surface area (Å²) < 4.78 is 46.7. The van der Waals surface area contributed by atoms with Crippen LogP contribution in [0.3, 0.4) is 0 Å². The van der Waals surface area contributed by atoms with Gasteiger partial charge in [-0.1, -0.05) is 0 Å². The number of rotatable bonds is 4. The lowest BCUT2D eigenvalue weighted by Gasteiger charge is -2.38. The second-order valence-electron chi connectivity index (χ2n) is 7.84. The molecular formula is C22H19F3N2O2. The predicted molar refractivity (Wildman–Crippen MR) is 102 cm³/mol. The number of carbonyl (C=O) groups is 1. The van der Waals surface area contributed by atoms with Crippen molar-refractivity contribution in [3.63, 3.8) is 0 Å². The normalized spacial score (nSPS) is 21.6. The van der Waals surface area contributed by atoms with Gasteiger partial charge in [0.2, 0.25) is 5.91 Å². The van der Waals surface area contributed by atoms with Crippen LogP contribution in [-0.4, -0.2) is 30.1 Å². The first-order chi connectivity index (χ1) is 14.0. The number of halogens is 3. The number of aromatic nitrogens is 1. The molecule has 0 unspecified atom stereocenters. The summed E-state index contributed by atoms with van der Waals surface area (Å²) in [6.45, 7) is 0.912. The number of nitrogens with one attached hydrogen (secondary N) is 2. The lowest BCUT2D eigenvalue weighted by molar-refractivity contribution is -0.140. The zero-order valence-electron chi connectivity index (χ0n) is 15.5. The fraction of sp³-hybridized carbons (Fsp3) is 0.318. The van der Waals surface area contributed by atoms with Crippen molar-refractivity contribution in [3.05, 3.63) is 59.4 Å². The minimum atomic E-state index is -0.663. The van der Waals surface area contributed by atoms with E-state index in [0.29, 0.717) is 42.7 Å². The third-order valence-corrected chi connectivity index (χ3v) is 5.90. The molecule has 0 radical (unpaired) electrons. The largest absolute Gasteiger partial charge is 0.380 e. The highest BCUT2D eigenvalue weighted by molar-refractivity contribution is 5.92. The number of hydrogen-bond acceptors (Lipinski definition) is 2. The van der Waals surface area contributed by atoms with Crippen molar-refractivity contribution in [1.29, 1.82) is 0 Å². The predicted octanol–water partition coefficient (Wildman–Crippen LogP) is 4.26. The number of ether oxygens (including phenoxy) is 1. The van der Waals surface area contributed by atoms with Crippen LogP contribution in [0.2, 0.25) is 0 Å². The van der Waals surface area contributed by atoms with E-state index >= 15 is 0 Å². The van der Waals surface area contributed by atoms with Gasteiger partial charge in [-0.2, -0.15) is 0 Å². The van der Waals surface area contributed by atoms with Crippen molar-refractivity contribution in [2.24, 2.45) is 5.92 Å². The molecule has 29 heavy (non-hydrogen) atoms. The molecule has 5 rings (SSSR count). The number of hydrogen-bond donors (Lipinski definition) is 2. The van der Waals surface area contributed by atoms with Gasteiger partial charge in [0.05, 0.1) is 30.3 Å². The molecule has 2 N–H and O–H groups in total. The molecule has 2 aliphatic rings. The van der Waals surface area contributed by atoms with Crippen molar-refractivity contribution in [2.75, 3.05) is 13.2 Å². The number of aromatic amines is 1. The standard InChI is InChI=1S/C22H19F3N2O2/c23-14-3-1-11(2-4-14)20-19(17-7-15(24)8-18(25)21(17)27-20)12-5-16(6-12)26-22(28)13-9-29-10-13/h1-4,7-8,12-13,16,27H,5-6,9-10H2,(H,26,28). The van der Waals surface area contributed by atoms with E-state index in [1.54, 1.807) is 12.1 Å². The van der Waals surface area contributed by atoms with Crippen molar-refractivity contribution in [3.8, 4) is 11.3 Å². The van der Waals surface area contributed by atoms with Gasteiger partial charge in [0, 0.05) is 17.5 Å². The second-order valence-corrected chi connectivity index (χ2v) is 7.84. The van der Waals surface area contributed by atoms with Crippen LogP contribution in [-0.2, 0) is 9.53 Å². The average molecular weight is 400 g/mol. The first kappa shape index (κ1) is 18.2. The summed E-state index contributed by atoms with van der Waals surface area (Å²) in [6.07, 6.45) is 1.36. The van der Waals surface area contributed by atoms with E-state index in [2.05, 4.69) is 10.3 Å². The second kappa shape index (κ2) is 6.91. The van der Waals surface area contributed by atoms with E-state index in [1.165, 1.54) is 18.2 Å². The van der Waals surface area contributed by atoms with Gasteiger partial charge >= 0.3 is 0 Å². The summed E-state index contributed by atoms with van der Waals surface area (Å²) in [5, 5.41) is 3.51. The van der Waals surface area contributed by atoms with E-state index in [1.807, 2.05) is 0 Å². The van der Waals surface area contributed by atoms with Gasteiger partial charge in [-0.15, -0.1) is 0 Å². The Balaban J connectivity index is 1.48. The van der Waals surface area contributed by atoms with E-state index in [0.717, 1.165) is 11.6 Å². The van der Waals surface area contributed by atoms with Crippen LogP contribution >= 0.6 is 0 Å². The Morgan fingerprint density at radius 1 is 1.03 bits per heavy atom. The average Bonchev–Trinajstić information content (AvgIpc) is 2.96. The summed E-state index contributed by atoms with van der Waals surface area (Å²) in [7, 11) is 0. The monoisotopic (exact) mass is 400 g/mol. The molecule has 0 atom stereocenters. The maximum absolute atomic E-state index is 14.4. The van der Waals surface area contributed by atoms with Crippen LogP contribution < -0.4 is 5.32 Å². The number of H-pyrrole nitrogens is 1. The van der Waals surface area contributed by atoms with E-state index in [4.69, 9.17) is 4.74 Å². The smallest absolute Gasteiger partial charge is 0.228 e. The molecule has 4 nitrogen and oxygen atoms in total. The van der Waals surface area contributed by atoms with Crippen LogP contribution in [0.25, 0.3) is 22.2 Å². The Morgan fingerprint density at radius 3 is 2.41 bits per heavy atom. The molecule has 1 amide bonds. The highest BCUT2D eigenvalue weighted by atomic mass is 19.1. The Bertz CT molecular complexity index is 1080. The molecule has 150 valence electrons. The molecule has 1 saturated carbocycles. The van der Waals surface area contributed by atoms with Crippen LogP contribution in [0.15, 0.2) is 36.4 Å². The third-order valence-electron chi connectivity index (χ3n) is 5.90. The summed E-state index contributed by atoms with van der Waals surface area (Å²) in [5.74, 6) is -1.73. The Morgan fingerprint density at radius 2 is 1.76 bits per heavy atom. The topological polar surface area (TPSA) is 54.1 Å². The lowest BCUT2D eigenvalue weighted by Crippen LogP contribution is -2.50. The molecule has 2 heterocycles. The number of amides is 1. The van der Waals surface area contributed by atoms with Gasteiger partial charge < -0.3 is 15.0 Å². The SMILES string of the molecule is O=C(NC1CC(c2c(-c3ccc(F)cc3)[nH]c3c(F)cc(F)cc23)C1)C1COC1. The third kappa shape index (κ3) is 3.19.